The van der Waals surface area contributed by atoms with Gasteiger partial charge in [0.1, 0.15) is 10.8 Å². The van der Waals surface area contributed by atoms with Crippen molar-refractivity contribution in [2.45, 2.75) is 0 Å². The quantitative estimate of drug-likeness (QED) is 0.609. The summed E-state index contributed by atoms with van der Waals surface area (Å²) in [6, 6.07) is 0. The molecule has 0 aliphatic rings. The number of hydrogen-bond acceptors (Lipinski definition) is 4. The summed E-state index contributed by atoms with van der Waals surface area (Å²) >= 11 is 5.74. The second kappa shape index (κ2) is 2.85. The number of carbonyl (C=O) groups is 1. The number of nitrogens with two attached hydrogens (primary N) is 1. The van der Waals surface area contributed by atoms with Crippen molar-refractivity contribution in [3.63, 3.8) is 0 Å². The van der Waals surface area contributed by atoms with Gasteiger partial charge in [-0.15, -0.1) is 0 Å². The summed E-state index contributed by atoms with van der Waals surface area (Å²) in [5.41, 5.74) is 5.69. The Morgan fingerprint density at radius 1 is 1.57 bits per heavy atom. The van der Waals surface area contributed by atoms with Crippen LogP contribution in [0, 0.1) is 0 Å². The Morgan fingerprint density at radius 2 is 2.29 bits per heavy atom. The molecule has 0 aliphatic carbocycles. The van der Waals surface area contributed by atoms with E-state index in [1.54, 1.807) is 0 Å². The van der Waals surface area contributed by atoms with Crippen LogP contribution >= 0.6 is 11.6 Å². The maximum absolute atomic E-state index is 10.7. The molecule has 0 aliphatic heterocycles. The molecule has 6 nitrogen and oxygen atoms in total. The molecule has 2 heterocycles. The highest BCUT2D eigenvalue weighted by Crippen LogP contribution is 2.24. The number of aromatic nitrogens is 3. The predicted molar refractivity (Wildman–Crippen MR) is 50.3 cm³/mol. The summed E-state index contributed by atoms with van der Waals surface area (Å²) in [5.74, 6) is -1.09. The molecule has 4 N–H and O–H groups in total. The molecule has 0 atom stereocenters. The SMILES string of the molecule is Nc1nc(Cl)c2c(C(=O)O)c[nH]c2n1. The van der Waals surface area contributed by atoms with Crippen LogP contribution in [0.5, 0.6) is 0 Å². The summed E-state index contributed by atoms with van der Waals surface area (Å²) in [7, 11) is 0. The molecule has 2 aromatic rings. The molecule has 0 aromatic carbocycles. The number of nitrogen functional groups attached to an aromatic ring is 1. The van der Waals surface area contributed by atoms with Crippen LogP contribution in [0.2, 0.25) is 5.15 Å². The highest BCUT2D eigenvalue weighted by Gasteiger charge is 2.15. The Labute approximate surface area is 82.7 Å². The highest BCUT2D eigenvalue weighted by atomic mass is 35.5. The van der Waals surface area contributed by atoms with Crippen LogP contribution in [-0.4, -0.2) is 26.0 Å². The minimum absolute atomic E-state index is 0.00119. The number of rotatable bonds is 1. The fourth-order valence-electron chi connectivity index (χ4n) is 1.17. The minimum Gasteiger partial charge on any atom is -0.478 e. The summed E-state index contributed by atoms with van der Waals surface area (Å²) in [5, 5.41) is 9.11. The average molecular weight is 213 g/mol. The van der Waals surface area contributed by atoms with E-state index in [9.17, 15) is 4.79 Å². The fraction of sp³-hybridized carbons (Fsp3) is 0. The Hall–Kier alpha value is -1.82. The Balaban J connectivity index is 2.85. The van der Waals surface area contributed by atoms with Crippen LogP contribution < -0.4 is 5.73 Å². The van der Waals surface area contributed by atoms with Gasteiger partial charge >= 0.3 is 5.97 Å². The lowest BCUT2D eigenvalue weighted by molar-refractivity contribution is 0.0699. The van der Waals surface area contributed by atoms with Gasteiger partial charge in [-0.2, -0.15) is 4.98 Å². The number of anilines is 1. The van der Waals surface area contributed by atoms with E-state index in [0.717, 1.165) is 0 Å². The van der Waals surface area contributed by atoms with Crippen molar-refractivity contribution in [3.8, 4) is 0 Å². The molecule has 0 saturated heterocycles. The second-order valence-electron chi connectivity index (χ2n) is 2.60. The molecule has 7 heteroatoms. The van der Waals surface area contributed by atoms with Gasteiger partial charge in [0.25, 0.3) is 0 Å². The number of nitrogens with one attached hydrogen (secondary N) is 1. The third-order valence-corrected chi connectivity index (χ3v) is 2.01. The molecule has 2 aromatic heterocycles. The van der Waals surface area contributed by atoms with Crippen molar-refractivity contribution < 1.29 is 9.90 Å². The summed E-state index contributed by atoms with van der Waals surface area (Å²) in [6.07, 6.45) is 1.30. The first kappa shape index (κ1) is 8.76. The van der Waals surface area contributed by atoms with Gasteiger partial charge in [-0.05, 0) is 0 Å². The van der Waals surface area contributed by atoms with Crippen LogP contribution in [0.3, 0.4) is 0 Å². The van der Waals surface area contributed by atoms with Crippen molar-refractivity contribution in [1.29, 1.82) is 0 Å². The number of H-pyrrole nitrogens is 1. The second-order valence-corrected chi connectivity index (χ2v) is 2.96. The fourth-order valence-corrected chi connectivity index (χ4v) is 1.45. The Kier molecular flexibility index (Phi) is 1.78. The van der Waals surface area contributed by atoms with Crippen LogP contribution in [0.4, 0.5) is 5.95 Å². The monoisotopic (exact) mass is 212 g/mol. The highest BCUT2D eigenvalue weighted by molar-refractivity contribution is 6.35. The van der Waals surface area contributed by atoms with E-state index in [0.29, 0.717) is 5.65 Å². The Bertz CT molecular complexity index is 522. The first-order valence-corrected chi connectivity index (χ1v) is 4.01. The molecule has 0 radical (unpaired) electrons. The summed E-state index contributed by atoms with van der Waals surface area (Å²) in [4.78, 5) is 20.9. The van der Waals surface area contributed by atoms with Gasteiger partial charge in [0, 0.05) is 6.20 Å². The van der Waals surface area contributed by atoms with Crippen molar-refractivity contribution >= 4 is 34.6 Å². The average Bonchev–Trinajstić information content (AvgIpc) is 2.47. The molecule has 72 valence electrons. The first-order valence-electron chi connectivity index (χ1n) is 3.63. The Morgan fingerprint density at radius 3 is 2.93 bits per heavy atom. The predicted octanol–water partition coefficient (Wildman–Crippen LogP) is 0.892. The van der Waals surface area contributed by atoms with Gasteiger partial charge in [-0.1, -0.05) is 11.6 Å². The molecular formula is C7H5ClN4O2. The van der Waals surface area contributed by atoms with Gasteiger partial charge in [-0.25, -0.2) is 9.78 Å². The maximum atomic E-state index is 10.7. The third kappa shape index (κ3) is 1.16. The molecule has 14 heavy (non-hydrogen) atoms. The number of aromatic carboxylic acids is 1. The maximum Gasteiger partial charge on any atom is 0.338 e. The van der Waals surface area contributed by atoms with Crippen LogP contribution in [0.15, 0.2) is 6.20 Å². The lowest BCUT2D eigenvalue weighted by atomic mass is 10.2. The molecule has 0 fully saturated rings. The molecular weight excluding hydrogens is 208 g/mol. The van der Waals surface area contributed by atoms with Crippen molar-refractivity contribution in [2.75, 3.05) is 5.73 Å². The number of halogens is 1. The van der Waals surface area contributed by atoms with E-state index >= 15 is 0 Å². The first-order chi connectivity index (χ1) is 6.59. The van der Waals surface area contributed by atoms with Gasteiger partial charge < -0.3 is 15.8 Å². The largest absolute Gasteiger partial charge is 0.478 e. The van der Waals surface area contributed by atoms with E-state index in [-0.39, 0.29) is 22.1 Å². The van der Waals surface area contributed by atoms with E-state index < -0.39 is 5.97 Å². The van der Waals surface area contributed by atoms with Crippen LogP contribution in [0.1, 0.15) is 10.4 Å². The third-order valence-electron chi connectivity index (χ3n) is 1.74. The lowest BCUT2D eigenvalue weighted by Crippen LogP contribution is -1.98. The van der Waals surface area contributed by atoms with Gasteiger partial charge in [0.2, 0.25) is 5.95 Å². The zero-order valence-corrected chi connectivity index (χ0v) is 7.54. The number of nitrogens with zero attached hydrogens (tertiary/aromatic N) is 2. The van der Waals surface area contributed by atoms with Crippen LogP contribution in [-0.2, 0) is 0 Å². The smallest absolute Gasteiger partial charge is 0.338 e. The molecule has 0 spiro atoms. The number of carboxylic acids is 1. The summed E-state index contributed by atoms with van der Waals surface area (Å²) < 4.78 is 0. The normalized spacial score (nSPS) is 10.6. The molecule has 0 saturated carbocycles. The molecule has 0 amide bonds. The van der Waals surface area contributed by atoms with Crippen molar-refractivity contribution in [1.82, 2.24) is 15.0 Å². The van der Waals surface area contributed by atoms with E-state index in [4.69, 9.17) is 22.4 Å². The zero-order valence-electron chi connectivity index (χ0n) is 6.78. The van der Waals surface area contributed by atoms with Crippen molar-refractivity contribution in [3.05, 3.63) is 16.9 Å². The molecule has 0 unspecified atom stereocenters. The van der Waals surface area contributed by atoms with Crippen molar-refractivity contribution in [2.24, 2.45) is 0 Å². The number of fused-ring (bicyclic) bond motifs is 1. The standard InChI is InChI=1S/C7H5ClN4O2/c8-4-3-2(6(13)14)1-10-5(3)12-7(9)11-4/h1H,(H,13,14)(H3,9,10,11,12). The number of hydrogen-bond donors (Lipinski definition) is 3. The van der Waals surface area contributed by atoms with E-state index in [1.807, 2.05) is 0 Å². The number of carboxylic acid groups (broad SMARTS) is 1. The van der Waals surface area contributed by atoms with E-state index in [2.05, 4.69) is 15.0 Å². The molecule has 2 rings (SSSR count). The van der Waals surface area contributed by atoms with Gasteiger partial charge in [-0.3, -0.25) is 0 Å². The zero-order chi connectivity index (χ0) is 10.3. The topological polar surface area (TPSA) is 105 Å². The van der Waals surface area contributed by atoms with Gasteiger partial charge in [0.15, 0.2) is 0 Å². The summed E-state index contributed by atoms with van der Waals surface area (Å²) in [6.45, 7) is 0. The van der Waals surface area contributed by atoms with E-state index in [1.165, 1.54) is 6.20 Å². The molecule has 0 bridgehead atoms. The lowest BCUT2D eigenvalue weighted by Gasteiger charge is -1.96. The number of aromatic amines is 1. The van der Waals surface area contributed by atoms with Gasteiger partial charge in [0.05, 0.1) is 10.9 Å². The van der Waals surface area contributed by atoms with Crippen LogP contribution in [0.25, 0.3) is 11.0 Å². The minimum atomic E-state index is -1.09.